The maximum Gasteiger partial charge on any atom is 0.267 e. The summed E-state index contributed by atoms with van der Waals surface area (Å²) in [4.78, 5) is 26.7. The van der Waals surface area contributed by atoms with E-state index in [1.807, 2.05) is 62.2 Å². The van der Waals surface area contributed by atoms with E-state index in [4.69, 9.17) is 0 Å². The van der Waals surface area contributed by atoms with Crippen LogP contribution < -0.4 is 10.6 Å². The first-order valence-electron chi connectivity index (χ1n) is 10.8. The normalized spacial score (nSPS) is 12.1. The van der Waals surface area contributed by atoms with Crippen LogP contribution in [0.25, 0.3) is 21.7 Å². The predicted octanol–water partition coefficient (Wildman–Crippen LogP) is 4.13. The van der Waals surface area contributed by atoms with Crippen LogP contribution in [0.5, 0.6) is 0 Å². The lowest BCUT2D eigenvalue weighted by Crippen LogP contribution is -2.12. The number of amides is 1. The molecule has 0 radical (unpaired) electrons. The zero-order valence-corrected chi connectivity index (χ0v) is 19.7. The molecule has 5 aromatic rings. The number of carbonyl (C=O) groups is 1. The zero-order valence-electron chi connectivity index (χ0n) is 18.9. The molecule has 2 N–H and O–H groups in total. The fraction of sp³-hybridized carbons (Fsp3) is 0.217. The van der Waals surface area contributed by atoms with Gasteiger partial charge in [-0.3, -0.25) is 14.2 Å². The molecule has 0 aliphatic heterocycles. The van der Waals surface area contributed by atoms with Crippen LogP contribution in [0.3, 0.4) is 0 Å². The Morgan fingerprint density at radius 2 is 2.06 bits per heavy atom. The second kappa shape index (κ2) is 9.02. The molecule has 0 saturated carbocycles. The Morgan fingerprint density at radius 3 is 2.85 bits per heavy atom. The fourth-order valence-corrected chi connectivity index (χ4v) is 4.29. The van der Waals surface area contributed by atoms with E-state index < -0.39 is 0 Å². The molecule has 0 unspecified atom stereocenters. The first kappa shape index (κ1) is 21.7. The van der Waals surface area contributed by atoms with Crippen LogP contribution in [0.1, 0.15) is 35.1 Å². The van der Waals surface area contributed by atoms with Gasteiger partial charge in [0.25, 0.3) is 5.91 Å². The summed E-state index contributed by atoms with van der Waals surface area (Å²) < 4.78 is 3.52. The Balaban J connectivity index is 1.27. The SMILES string of the molecule is CCn1cc2ncc(N[C@@H](C)c3cccc(NC(=O)c4cnc(-c5cnn(C)c5)s4)c3)nc2n1. The van der Waals surface area contributed by atoms with Gasteiger partial charge in [-0.05, 0) is 31.5 Å². The molecular formula is C23H23N9OS. The number of nitrogens with one attached hydrogen (secondary N) is 2. The van der Waals surface area contributed by atoms with E-state index in [0.29, 0.717) is 22.0 Å². The van der Waals surface area contributed by atoms with E-state index in [-0.39, 0.29) is 11.9 Å². The minimum absolute atomic E-state index is 0.0579. The van der Waals surface area contributed by atoms with Gasteiger partial charge in [-0.1, -0.05) is 12.1 Å². The zero-order chi connectivity index (χ0) is 23.7. The molecule has 4 aromatic heterocycles. The Labute approximate surface area is 199 Å². The summed E-state index contributed by atoms with van der Waals surface area (Å²) in [7, 11) is 1.85. The Kier molecular flexibility index (Phi) is 5.76. The highest BCUT2D eigenvalue weighted by Crippen LogP contribution is 2.26. The summed E-state index contributed by atoms with van der Waals surface area (Å²) in [6.07, 6.45) is 8.77. The Hall–Kier alpha value is -4.12. The topological polar surface area (TPSA) is 115 Å². The highest BCUT2D eigenvalue weighted by atomic mass is 32.1. The minimum atomic E-state index is -0.201. The maximum atomic E-state index is 12.8. The molecule has 1 atom stereocenters. The van der Waals surface area contributed by atoms with Gasteiger partial charge in [-0.15, -0.1) is 11.3 Å². The van der Waals surface area contributed by atoms with Crippen LogP contribution in [0.2, 0.25) is 0 Å². The van der Waals surface area contributed by atoms with Crippen molar-refractivity contribution in [1.29, 1.82) is 0 Å². The molecule has 34 heavy (non-hydrogen) atoms. The van der Waals surface area contributed by atoms with E-state index in [0.717, 1.165) is 28.2 Å². The molecule has 0 fully saturated rings. The largest absolute Gasteiger partial charge is 0.362 e. The summed E-state index contributed by atoms with van der Waals surface area (Å²) in [6.45, 7) is 4.82. The summed E-state index contributed by atoms with van der Waals surface area (Å²) in [6, 6.07) is 7.65. The molecule has 5 rings (SSSR count). The molecule has 172 valence electrons. The highest BCUT2D eigenvalue weighted by molar-refractivity contribution is 7.17. The number of aromatic nitrogens is 7. The third kappa shape index (κ3) is 4.50. The second-order valence-corrected chi connectivity index (χ2v) is 8.86. The molecule has 0 saturated heterocycles. The van der Waals surface area contributed by atoms with Crippen LogP contribution in [0.4, 0.5) is 11.5 Å². The first-order valence-corrected chi connectivity index (χ1v) is 11.6. The van der Waals surface area contributed by atoms with Gasteiger partial charge in [0.2, 0.25) is 5.65 Å². The quantitative estimate of drug-likeness (QED) is 0.365. The van der Waals surface area contributed by atoms with E-state index >= 15 is 0 Å². The number of anilines is 2. The van der Waals surface area contributed by atoms with Crippen LogP contribution in [-0.2, 0) is 13.6 Å². The maximum absolute atomic E-state index is 12.8. The van der Waals surface area contributed by atoms with Crippen molar-refractivity contribution in [3.8, 4) is 10.6 Å². The van der Waals surface area contributed by atoms with E-state index in [1.165, 1.54) is 11.3 Å². The Morgan fingerprint density at radius 1 is 1.18 bits per heavy atom. The molecule has 1 amide bonds. The van der Waals surface area contributed by atoms with Gasteiger partial charge in [0.1, 0.15) is 21.2 Å². The molecule has 0 aliphatic carbocycles. The van der Waals surface area contributed by atoms with Gasteiger partial charge < -0.3 is 10.6 Å². The third-order valence-corrected chi connectivity index (χ3v) is 6.34. The average Bonchev–Trinajstić information content (AvgIpc) is 3.58. The first-order chi connectivity index (χ1) is 16.5. The van der Waals surface area contributed by atoms with E-state index in [2.05, 4.69) is 35.8 Å². The van der Waals surface area contributed by atoms with Crippen molar-refractivity contribution in [2.45, 2.75) is 26.4 Å². The molecule has 4 heterocycles. The molecule has 11 heteroatoms. The third-order valence-electron chi connectivity index (χ3n) is 5.29. The van der Waals surface area contributed by atoms with Crippen molar-refractivity contribution in [3.63, 3.8) is 0 Å². The lowest BCUT2D eigenvalue weighted by Gasteiger charge is -2.16. The van der Waals surface area contributed by atoms with Crippen LogP contribution in [0.15, 0.2) is 55.2 Å². The minimum Gasteiger partial charge on any atom is -0.362 e. The van der Waals surface area contributed by atoms with Crippen LogP contribution in [0, 0.1) is 0 Å². The van der Waals surface area contributed by atoms with Gasteiger partial charge in [0.15, 0.2) is 0 Å². The molecule has 1 aromatic carbocycles. The van der Waals surface area contributed by atoms with Crippen LogP contribution in [-0.4, -0.2) is 40.4 Å². The summed E-state index contributed by atoms with van der Waals surface area (Å²) >= 11 is 1.33. The lowest BCUT2D eigenvalue weighted by atomic mass is 10.1. The number of benzene rings is 1. The van der Waals surface area contributed by atoms with Crippen molar-refractivity contribution >= 4 is 39.9 Å². The fourth-order valence-electron chi connectivity index (χ4n) is 3.50. The highest BCUT2D eigenvalue weighted by Gasteiger charge is 2.14. The average molecular weight is 474 g/mol. The number of hydrogen-bond donors (Lipinski definition) is 2. The van der Waals surface area contributed by atoms with Crippen LogP contribution >= 0.6 is 11.3 Å². The molecule has 0 bridgehead atoms. The number of carbonyl (C=O) groups excluding carboxylic acids is 1. The molecule has 0 spiro atoms. The Bertz CT molecular complexity index is 1470. The molecular weight excluding hydrogens is 450 g/mol. The van der Waals surface area contributed by atoms with Gasteiger partial charge in [-0.2, -0.15) is 10.2 Å². The summed E-state index contributed by atoms with van der Waals surface area (Å²) in [5.74, 6) is 0.441. The summed E-state index contributed by atoms with van der Waals surface area (Å²) in [5, 5.41) is 15.7. The van der Waals surface area contributed by atoms with Crippen molar-refractivity contribution in [1.82, 2.24) is 34.5 Å². The smallest absolute Gasteiger partial charge is 0.267 e. The van der Waals surface area contributed by atoms with Crippen molar-refractivity contribution in [2.75, 3.05) is 10.6 Å². The lowest BCUT2D eigenvalue weighted by molar-refractivity contribution is 0.103. The van der Waals surface area contributed by atoms with E-state index in [9.17, 15) is 4.79 Å². The predicted molar refractivity (Wildman–Crippen MR) is 132 cm³/mol. The molecule has 10 nitrogen and oxygen atoms in total. The van der Waals surface area contributed by atoms with E-state index in [1.54, 1.807) is 23.3 Å². The standard InChI is InChI=1S/C23H23N9OS/c1-4-32-13-18-21(30-32)29-20(11-24-18)27-14(2)15-6-5-7-17(8-15)28-22(33)19-10-25-23(34-19)16-9-26-31(3)12-16/h5-14H,4H2,1-3H3,(H,28,33)(H,27,29,30)/t14-/m0/s1. The number of fused-ring (bicyclic) bond motifs is 1. The number of rotatable bonds is 7. The summed E-state index contributed by atoms with van der Waals surface area (Å²) in [5.41, 5.74) is 3.96. The molecule has 0 aliphatic rings. The number of nitrogens with zero attached hydrogens (tertiary/aromatic N) is 7. The van der Waals surface area contributed by atoms with Crippen molar-refractivity contribution in [2.24, 2.45) is 7.05 Å². The van der Waals surface area contributed by atoms with Crippen molar-refractivity contribution in [3.05, 3.63) is 65.7 Å². The second-order valence-electron chi connectivity index (χ2n) is 7.83. The van der Waals surface area contributed by atoms with Gasteiger partial charge in [0.05, 0.1) is 30.8 Å². The van der Waals surface area contributed by atoms with Crippen molar-refractivity contribution < 1.29 is 4.79 Å². The number of thiazole rings is 1. The van der Waals surface area contributed by atoms with Gasteiger partial charge in [-0.25, -0.2) is 15.0 Å². The number of hydrogen-bond acceptors (Lipinski definition) is 8. The van der Waals surface area contributed by atoms with Gasteiger partial charge >= 0.3 is 0 Å². The monoisotopic (exact) mass is 473 g/mol. The van der Waals surface area contributed by atoms with Gasteiger partial charge in [0, 0.05) is 31.0 Å². The number of aryl methyl sites for hydroxylation is 2.